The molecule has 7 nitrogen and oxygen atoms in total. The Balaban J connectivity index is 2.51. The number of nitrogens with zero attached hydrogens (tertiary/aromatic N) is 4. The molecule has 2 rings (SSSR count). The van der Waals surface area contributed by atoms with Gasteiger partial charge in [0, 0.05) is 12.3 Å². The van der Waals surface area contributed by atoms with E-state index in [0.29, 0.717) is 30.5 Å². The highest BCUT2D eigenvalue weighted by molar-refractivity contribution is 5.60. The molecule has 0 aliphatic rings. The molecule has 2 heterocycles. The van der Waals surface area contributed by atoms with Gasteiger partial charge in [0.2, 0.25) is 11.8 Å². The molecule has 0 aliphatic heterocycles. The zero-order chi connectivity index (χ0) is 14.5. The van der Waals surface area contributed by atoms with E-state index in [2.05, 4.69) is 19.9 Å². The summed E-state index contributed by atoms with van der Waals surface area (Å²) >= 11 is 0. The van der Waals surface area contributed by atoms with Crippen molar-refractivity contribution in [3.63, 3.8) is 0 Å². The first-order chi connectivity index (χ1) is 9.63. The molecule has 0 radical (unpaired) electrons. The first-order valence-corrected chi connectivity index (χ1v) is 6.38. The fourth-order valence-corrected chi connectivity index (χ4v) is 1.66. The second-order valence-corrected chi connectivity index (χ2v) is 4.00. The molecule has 0 spiro atoms. The summed E-state index contributed by atoms with van der Waals surface area (Å²) in [6, 6.07) is 1.96. The van der Waals surface area contributed by atoms with Crippen LogP contribution in [0, 0.1) is 6.92 Å². The number of nitrogens with two attached hydrogens (primary N) is 1. The second kappa shape index (κ2) is 6.14. The molecule has 0 amide bonds. The van der Waals surface area contributed by atoms with Crippen LogP contribution in [0.1, 0.15) is 19.4 Å². The van der Waals surface area contributed by atoms with Crippen molar-refractivity contribution >= 4 is 5.95 Å². The van der Waals surface area contributed by atoms with Gasteiger partial charge in [-0.3, -0.25) is 0 Å². The van der Waals surface area contributed by atoms with Crippen molar-refractivity contribution in [1.82, 2.24) is 19.9 Å². The van der Waals surface area contributed by atoms with Crippen LogP contribution in [-0.2, 0) is 0 Å². The predicted octanol–water partition coefficient (Wildman–Crippen LogP) is 1.62. The molecule has 0 atom stereocenters. The second-order valence-electron chi connectivity index (χ2n) is 4.00. The summed E-state index contributed by atoms with van der Waals surface area (Å²) in [6.45, 7) is 6.62. The van der Waals surface area contributed by atoms with Crippen LogP contribution in [0.15, 0.2) is 12.3 Å². The van der Waals surface area contributed by atoms with Gasteiger partial charge in [0.15, 0.2) is 0 Å². The Labute approximate surface area is 117 Å². The standard InChI is InChI=1S/C13H17N5O2/c1-4-19-10-6-9(16-13(17-10)20-5-2)11-8(3)7-15-12(14)18-11/h6-7H,4-5H2,1-3H3,(H2,14,15,18). The molecular formula is C13H17N5O2. The Morgan fingerprint density at radius 3 is 2.55 bits per heavy atom. The van der Waals surface area contributed by atoms with Crippen molar-refractivity contribution in [1.29, 1.82) is 0 Å². The zero-order valence-corrected chi connectivity index (χ0v) is 11.8. The van der Waals surface area contributed by atoms with Gasteiger partial charge >= 0.3 is 6.01 Å². The van der Waals surface area contributed by atoms with Crippen molar-refractivity contribution in [2.75, 3.05) is 18.9 Å². The third-order valence-corrected chi connectivity index (χ3v) is 2.48. The first-order valence-electron chi connectivity index (χ1n) is 6.38. The van der Waals surface area contributed by atoms with E-state index in [-0.39, 0.29) is 12.0 Å². The van der Waals surface area contributed by atoms with Crippen molar-refractivity contribution in [2.24, 2.45) is 0 Å². The molecule has 0 aliphatic carbocycles. The molecule has 20 heavy (non-hydrogen) atoms. The third kappa shape index (κ3) is 3.11. The van der Waals surface area contributed by atoms with Crippen LogP contribution < -0.4 is 15.2 Å². The summed E-state index contributed by atoms with van der Waals surface area (Å²) in [7, 11) is 0. The van der Waals surface area contributed by atoms with Gasteiger partial charge in [-0.15, -0.1) is 0 Å². The van der Waals surface area contributed by atoms with E-state index in [1.807, 2.05) is 20.8 Å². The summed E-state index contributed by atoms with van der Waals surface area (Å²) in [5.74, 6) is 0.637. The van der Waals surface area contributed by atoms with Crippen LogP contribution in [0.2, 0.25) is 0 Å². The van der Waals surface area contributed by atoms with Gasteiger partial charge in [0.05, 0.1) is 18.9 Å². The summed E-state index contributed by atoms with van der Waals surface area (Å²) in [5, 5.41) is 0. The quantitative estimate of drug-likeness (QED) is 0.885. The molecule has 0 saturated carbocycles. The Bertz CT molecular complexity index is 579. The third-order valence-electron chi connectivity index (χ3n) is 2.48. The number of hydrogen-bond donors (Lipinski definition) is 1. The number of aryl methyl sites for hydroxylation is 1. The van der Waals surface area contributed by atoms with E-state index < -0.39 is 0 Å². The van der Waals surface area contributed by atoms with Gasteiger partial charge in [-0.25, -0.2) is 9.97 Å². The maximum atomic E-state index is 5.63. The lowest BCUT2D eigenvalue weighted by atomic mass is 10.2. The summed E-state index contributed by atoms with van der Waals surface area (Å²) in [6.07, 6.45) is 1.65. The van der Waals surface area contributed by atoms with Gasteiger partial charge in [-0.1, -0.05) is 0 Å². The van der Waals surface area contributed by atoms with Crippen molar-refractivity contribution in [2.45, 2.75) is 20.8 Å². The Morgan fingerprint density at radius 2 is 1.85 bits per heavy atom. The lowest BCUT2D eigenvalue weighted by molar-refractivity contribution is 0.289. The van der Waals surface area contributed by atoms with E-state index in [1.165, 1.54) is 0 Å². The molecule has 2 aromatic heterocycles. The predicted molar refractivity (Wildman–Crippen MR) is 74.5 cm³/mol. The van der Waals surface area contributed by atoms with E-state index in [1.54, 1.807) is 12.3 Å². The SMILES string of the molecule is CCOc1cc(-c2nc(N)ncc2C)nc(OCC)n1. The molecule has 7 heteroatoms. The molecule has 106 valence electrons. The minimum absolute atomic E-state index is 0.195. The van der Waals surface area contributed by atoms with E-state index in [4.69, 9.17) is 15.2 Å². The van der Waals surface area contributed by atoms with Gasteiger partial charge in [-0.05, 0) is 26.3 Å². The van der Waals surface area contributed by atoms with Crippen LogP contribution in [0.5, 0.6) is 11.9 Å². The minimum atomic E-state index is 0.195. The van der Waals surface area contributed by atoms with Gasteiger partial charge in [0.25, 0.3) is 0 Å². The highest BCUT2D eigenvalue weighted by Gasteiger charge is 2.12. The van der Waals surface area contributed by atoms with Gasteiger partial charge in [-0.2, -0.15) is 9.97 Å². The molecule has 2 aromatic rings. The van der Waals surface area contributed by atoms with Crippen LogP contribution in [0.4, 0.5) is 5.95 Å². The van der Waals surface area contributed by atoms with Crippen LogP contribution in [-0.4, -0.2) is 33.1 Å². The number of ether oxygens (including phenoxy) is 2. The van der Waals surface area contributed by atoms with Crippen molar-refractivity contribution < 1.29 is 9.47 Å². The lowest BCUT2D eigenvalue weighted by Gasteiger charge is -2.09. The monoisotopic (exact) mass is 275 g/mol. The van der Waals surface area contributed by atoms with Crippen molar-refractivity contribution in [3.8, 4) is 23.3 Å². The highest BCUT2D eigenvalue weighted by atomic mass is 16.5. The molecular weight excluding hydrogens is 258 g/mol. The van der Waals surface area contributed by atoms with Crippen molar-refractivity contribution in [3.05, 3.63) is 17.8 Å². The Kier molecular flexibility index (Phi) is 4.29. The molecule has 0 fully saturated rings. The van der Waals surface area contributed by atoms with Gasteiger partial charge < -0.3 is 15.2 Å². The van der Waals surface area contributed by atoms with Gasteiger partial charge in [0.1, 0.15) is 5.69 Å². The van der Waals surface area contributed by atoms with Crippen LogP contribution in [0.25, 0.3) is 11.4 Å². The smallest absolute Gasteiger partial charge is 0.320 e. The summed E-state index contributed by atoms with van der Waals surface area (Å²) in [4.78, 5) is 16.6. The fraction of sp³-hybridized carbons (Fsp3) is 0.385. The number of anilines is 1. The minimum Gasteiger partial charge on any atom is -0.478 e. The largest absolute Gasteiger partial charge is 0.478 e. The number of hydrogen-bond acceptors (Lipinski definition) is 7. The summed E-state index contributed by atoms with van der Waals surface area (Å²) < 4.78 is 10.8. The normalized spacial score (nSPS) is 10.3. The Hall–Kier alpha value is -2.44. The maximum absolute atomic E-state index is 5.63. The number of rotatable bonds is 5. The number of nitrogen functional groups attached to an aromatic ring is 1. The lowest BCUT2D eigenvalue weighted by Crippen LogP contribution is -2.04. The molecule has 0 unspecified atom stereocenters. The zero-order valence-electron chi connectivity index (χ0n) is 11.8. The molecule has 0 aromatic carbocycles. The van der Waals surface area contributed by atoms with E-state index in [9.17, 15) is 0 Å². The Morgan fingerprint density at radius 1 is 1.10 bits per heavy atom. The average Bonchev–Trinajstić information content (AvgIpc) is 2.42. The first kappa shape index (κ1) is 14.0. The topological polar surface area (TPSA) is 96.0 Å². The highest BCUT2D eigenvalue weighted by Crippen LogP contribution is 2.24. The average molecular weight is 275 g/mol. The fourth-order valence-electron chi connectivity index (χ4n) is 1.66. The molecule has 0 saturated heterocycles. The molecule has 0 bridgehead atoms. The summed E-state index contributed by atoms with van der Waals surface area (Å²) in [5.41, 5.74) is 7.73. The van der Waals surface area contributed by atoms with Crippen LogP contribution in [0.3, 0.4) is 0 Å². The maximum Gasteiger partial charge on any atom is 0.320 e. The van der Waals surface area contributed by atoms with Crippen LogP contribution >= 0.6 is 0 Å². The molecule has 2 N–H and O–H groups in total. The van der Waals surface area contributed by atoms with E-state index in [0.717, 1.165) is 5.56 Å². The number of aromatic nitrogens is 4. The van der Waals surface area contributed by atoms with E-state index >= 15 is 0 Å².